The molecule has 2 aliphatic heterocycles. The predicted octanol–water partition coefficient (Wildman–Crippen LogP) is 3.95. The highest BCUT2D eigenvalue weighted by Crippen LogP contribution is 2.38. The van der Waals surface area contributed by atoms with Crippen molar-refractivity contribution in [1.82, 2.24) is 10.5 Å². The van der Waals surface area contributed by atoms with Crippen LogP contribution in [-0.2, 0) is 22.2 Å². The Morgan fingerprint density at radius 2 is 1.45 bits per heavy atom. The molecule has 4 nitrogen and oxygen atoms in total. The number of fused-ring (bicyclic) bond motifs is 6. The average Bonchev–Trinajstić information content (AvgIpc) is 3.45. The van der Waals surface area contributed by atoms with Crippen molar-refractivity contribution in [3.05, 3.63) is 70.8 Å². The number of nitrogens with one attached hydrogen (secondary N) is 2. The third-order valence-corrected chi connectivity index (χ3v) is 6.68. The van der Waals surface area contributed by atoms with E-state index in [2.05, 4.69) is 72.7 Å². The van der Waals surface area contributed by atoms with E-state index in [-0.39, 0.29) is 14.1 Å². The molecule has 6 rings (SSSR count). The van der Waals surface area contributed by atoms with Crippen LogP contribution in [0.25, 0.3) is 0 Å². The number of unbranched alkanes of at least 4 members (excludes halogenated alkanes) is 1. The minimum Gasteiger partial charge on any atom is -0.416 e. The van der Waals surface area contributed by atoms with Gasteiger partial charge >= 0.3 is 14.1 Å². The molecule has 6 heteroatoms. The van der Waals surface area contributed by atoms with Crippen LogP contribution in [0.3, 0.4) is 0 Å². The highest BCUT2D eigenvalue weighted by atomic mass is 16.5. The number of benzene rings is 2. The molecule has 0 bridgehead atoms. The largest absolute Gasteiger partial charge is 0.416 e. The van der Waals surface area contributed by atoms with E-state index in [1.165, 1.54) is 35.1 Å². The summed E-state index contributed by atoms with van der Waals surface area (Å²) >= 11 is 0. The Balaban J connectivity index is 0.000000128. The van der Waals surface area contributed by atoms with Gasteiger partial charge in [-0.05, 0) is 48.2 Å². The molecular formula is C23H30B2N2O2. The lowest BCUT2D eigenvalue weighted by Crippen LogP contribution is -2.29. The Kier molecular flexibility index (Phi) is 5.53. The standard InChI is InChI=1S/C13H18BNO.C10H12BNO/c1-2-3-8-14-15-13-11-7-5-4-6-10(11)9-12(13)16-14;1-11-12-10-8-5-3-2-4-7(8)6-9(10)13-11/h4-7,12-13,15H,2-3,8-9H2,1H3;2-5,9-10,12H,6H2,1H3/t12-,13+;9-,10+/m00/s1. The Morgan fingerprint density at radius 3 is 2.10 bits per heavy atom. The fourth-order valence-corrected chi connectivity index (χ4v) is 5.31. The van der Waals surface area contributed by atoms with Crippen LogP contribution >= 0.6 is 0 Å². The van der Waals surface area contributed by atoms with Gasteiger partial charge < -0.3 is 19.8 Å². The minimum atomic E-state index is 0.211. The van der Waals surface area contributed by atoms with Gasteiger partial charge in [0.15, 0.2) is 0 Å². The van der Waals surface area contributed by atoms with Crippen molar-refractivity contribution in [3.63, 3.8) is 0 Å². The van der Waals surface area contributed by atoms with Crippen molar-refractivity contribution in [1.29, 1.82) is 0 Å². The molecule has 0 aromatic heterocycles. The Hall–Kier alpha value is -1.59. The molecule has 2 fully saturated rings. The topological polar surface area (TPSA) is 42.5 Å². The molecular weight excluding hydrogens is 358 g/mol. The van der Waals surface area contributed by atoms with Crippen LogP contribution in [0.5, 0.6) is 0 Å². The molecule has 2 heterocycles. The molecule has 2 N–H and O–H groups in total. The molecule has 2 saturated heterocycles. The molecule has 150 valence electrons. The lowest BCUT2D eigenvalue weighted by atomic mass is 9.77. The maximum absolute atomic E-state index is 6.06. The summed E-state index contributed by atoms with van der Waals surface area (Å²) in [6, 6.07) is 18.2. The zero-order valence-electron chi connectivity index (χ0n) is 17.4. The van der Waals surface area contributed by atoms with Gasteiger partial charge in [-0.3, -0.25) is 0 Å². The first-order valence-corrected chi connectivity index (χ1v) is 11.2. The molecule has 2 aromatic carbocycles. The average molecular weight is 388 g/mol. The SMILES string of the molecule is CB1N[C@@H]2c3ccccc3C[C@@H]2O1.CCCCB1N[C@@H]2c3ccccc3C[C@@H]2O1. The monoisotopic (exact) mass is 388 g/mol. The first-order chi connectivity index (χ1) is 14.2. The predicted molar refractivity (Wildman–Crippen MR) is 119 cm³/mol. The van der Waals surface area contributed by atoms with E-state index in [4.69, 9.17) is 9.31 Å². The summed E-state index contributed by atoms with van der Waals surface area (Å²) < 4.78 is 11.8. The van der Waals surface area contributed by atoms with E-state index in [1.807, 2.05) is 0 Å². The van der Waals surface area contributed by atoms with E-state index >= 15 is 0 Å². The second kappa shape index (κ2) is 8.27. The molecule has 4 atom stereocenters. The third kappa shape index (κ3) is 3.79. The molecule has 0 saturated carbocycles. The van der Waals surface area contributed by atoms with Crippen LogP contribution in [0.2, 0.25) is 13.1 Å². The van der Waals surface area contributed by atoms with Crippen molar-refractivity contribution < 1.29 is 9.31 Å². The second-order valence-electron chi connectivity index (χ2n) is 8.72. The molecule has 2 aromatic rings. The molecule has 0 unspecified atom stereocenters. The molecule has 2 aliphatic carbocycles. The van der Waals surface area contributed by atoms with Crippen LogP contribution in [0, 0.1) is 0 Å². The maximum atomic E-state index is 6.06. The second-order valence-corrected chi connectivity index (χ2v) is 8.72. The normalized spacial score (nSPS) is 28.5. The van der Waals surface area contributed by atoms with Gasteiger partial charge in [0.25, 0.3) is 0 Å². The number of hydrogen-bond donors (Lipinski definition) is 2. The zero-order valence-corrected chi connectivity index (χ0v) is 17.4. The van der Waals surface area contributed by atoms with E-state index in [9.17, 15) is 0 Å². The van der Waals surface area contributed by atoms with Crippen LogP contribution in [0.4, 0.5) is 0 Å². The Labute approximate surface area is 175 Å². The molecule has 4 aliphatic rings. The van der Waals surface area contributed by atoms with Crippen LogP contribution in [-0.4, -0.2) is 26.3 Å². The van der Waals surface area contributed by atoms with Gasteiger partial charge in [-0.25, -0.2) is 0 Å². The molecule has 0 radical (unpaired) electrons. The van der Waals surface area contributed by atoms with E-state index in [1.54, 1.807) is 0 Å². The van der Waals surface area contributed by atoms with Crippen LogP contribution < -0.4 is 10.5 Å². The summed E-state index contributed by atoms with van der Waals surface area (Å²) in [6.45, 7) is 4.30. The van der Waals surface area contributed by atoms with Crippen LogP contribution in [0.1, 0.15) is 54.1 Å². The van der Waals surface area contributed by atoms with Gasteiger partial charge in [0, 0.05) is 12.1 Å². The molecule has 0 spiro atoms. The van der Waals surface area contributed by atoms with Crippen LogP contribution in [0.15, 0.2) is 48.5 Å². The van der Waals surface area contributed by atoms with Crippen molar-refractivity contribution in [3.8, 4) is 0 Å². The molecule has 0 amide bonds. The van der Waals surface area contributed by atoms with Gasteiger partial charge in [-0.1, -0.05) is 68.3 Å². The Bertz CT molecular complexity index is 864. The van der Waals surface area contributed by atoms with Gasteiger partial charge in [-0.2, -0.15) is 0 Å². The maximum Gasteiger partial charge on any atom is 0.380 e. The van der Waals surface area contributed by atoms with Gasteiger partial charge in [0.2, 0.25) is 0 Å². The lowest BCUT2D eigenvalue weighted by Gasteiger charge is -2.09. The van der Waals surface area contributed by atoms with E-state index in [0.717, 1.165) is 19.2 Å². The van der Waals surface area contributed by atoms with Gasteiger partial charge in [0.05, 0.1) is 12.2 Å². The number of hydrogen-bond acceptors (Lipinski definition) is 4. The Morgan fingerprint density at radius 1 is 0.862 bits per heavy atom. The van der Waals surface area contributed by atoms with E-state index in [0.29, 0.717) is 24.3 Å². The number of rotatable bonds is 3. The van der Waals surface area contributed by atoms with E-state index < -0.39 is 0 Å². The van der Waals surface area contributed by atoms with Gasteiger partial charge in [-0.15, -0.1) is 0 Å². The quantitative estimate of drug-likeness (QED) is 0.782. The summed E-state index contributed by atoms with van der Waals surface area (Å²) in [7, 11) is 0.492. The minimum absolute atomic E-state index is 0.211. The van der Waals surface area contributed by atoms with Crippen molar-refractivity contribution in [2.24, 2.45) is 0 Å². The smallest absolute Gasteiger partial charge is 0.380 e. The summed E-state index contributed by atoms with van der Waals surface area (Å²) in [5.74, 6) is 0. The molecule has 29 heavy (non-hydrogen) atoms. The van der Waals surface area contributed by atoms with Gasteiger partial charge in [0.1, 0.15) is 0 Å². The van der Waals surface area contributed by atoms with Crippen molar-refractivity contribution >= 4 is 14.1 Å². The first-order valence-electron chi connectivity index (χ1n) is 11.2. The summed E-state index contributed by atoms with van der Waals surface area (Å²) in [5, 5.41) is 7.07. The third-order valence-electron chi connectivity index (χ3n) is 6.68. The highest BCUT2D eigenvalue weighted by Gasteiger charge is 2.43. The van der Waals surface area contributed by atoms with Crippen molar-refractivity contribution in [2.75, 3.05) is 0 Å². The first kappa shape index (κ1) is 19.4. The fourth-order valence-electron chi connectivity index (χ4n) is 5.31. The van der Waals surface area contributed by atoms with Crippen molar-refractivity contribution in [2.45, 2.75) is 70.0 Å². The summed E-state index contributed by atoms with van der Waals surface area (Å²) in [5.41, 5.74) is 5.78. The lowest BCUT2D eigenvalue weighted by molar-refractivity contribution is 0.223. The zero-order chi connectivity index (χ0) is 19.8. The summed E-state index contributed by atoms with van der Waals surface area (Å²) in [6.07, 6.45) is 6.53. The highest BCUT2D eigenvalue weighted by molar-refractivity contribution is 6.49. The summed E-state index contributed by atoms with van der Waals surface area (Å²) in [4.78, 5) is 0. The fraction of sp³-hybridized carbons (Fsp3) is 0.478.